The van der Waals surface area contributed by atoms with Crippen molar-refractivity contribution in [3.63, 3.8) is 0 Å². The lowest BCUT2D eigenvalue weighted by atomic mass is 9.87. The second-order valence-corrected chi connectivity index (χ2v) is 6.79. The molecule has 2 heteroatoms. The molecule has 2 atom stereocenters. The molecular weight excluding hydrogens is 285 g/mol. The second-order valence-electron chi connectivity index (χ2n) is 4.92. The van der Waals surface area contributed by atoms with Crippen LogP contribution < -0.4 is 5.73 Å². The van der Waals surface area contributed by atoms with Crippen LogP contribution in [-0.4, -0.2) is 9.46 Å². The molecule has 1 nitrogen and oxygen atoms in total. The topological polar surface area (TPSA) is 26.0 Å². The monoisotopic (exact) mass is 309 g/mol. The average Bonchev–Trinajstić information content (AvgIpc) is 2.01. The first-order valence-electron chi connectivity index (χ1n) is 5.27. The standard InChI is InChI=1S/C12H24IN/c1-8(2)10(4)9(3)7-12(6,14)11(5)13/h8,11H,7,14H2,1-6H3/b10-9+/t11-,12+/m0/s1. The maximum absolute atomic E-state index is 6.26. The Kier molecular flexibility index (Phi) is 5.67. The molecule has 0 aliphatic rings. The molecule has 84 valence electrons. The zero-order valence-corrected chi connectivity index (χ0v) is 12.5. The Morgan fingerprint density at radius 3 is 2.00 bits per heavy atom. The van der Waals surface area contributed by atoms with Crippen LogP contribution in [-0.2, 0) is 0 Å². The summed E-state index contributed by atoms with van der Waals surface area (Å²) in [6.07, 6.45) is 1.00. The SMILES string of the molecule is C/C(C[C@@](C)(N)[C@H](C)I)=C(/C)C(C)C. The van der Waals surface area contributed by atoms with Crippen molar-refractivity contribution < 1.29 is 0 Å². The normalized spacial score (nSPS) is 20.4. The van der Waals surface area contributed by atoms with E-state index in [0.29, 0.717) is 9.84 Å². The number of hydrogen-bond donors (Lipinski definition) is 1. The third-order valence-electron chi connectivity index (χ3n) is 3.09. The smallest absolute Gasteiger partial charge is 0.0279 e. The first kappa shape index (κ1) is 14.4. The Bertz CT molecular complexity index is 214. The van der Waals surface area contributed by atoms with Gasteiger partial charge in [-0.25, -0.2) is 0 Å². The van der Waals surface area contributed by atoms with Gasteiger partial charge in [-0.1, -0.05) is 54.5 Å². The summed E-state index contributed by atoms with van der Waals surface area (Å²) >= 11 is 2.41. The lowest BCUT2D eigenvalue weighted by Gasteiger charge is -2.29. The molecule has 0 saturated heterocycles. The lowest BCUT2D eigenvalue weighted by Crippen LogP contribution is -2.43. The van der Waals surface area contributed by atoms with Crippen molar-refractivity contribution >= 4 is 22.6 Å². The minimum absolute atomic E-state index is 0.0825. The van der Waals surface area contributed by atoms with Gasteiger partial charge in [0.15, 0.2) is 0 Å². The summed E-state index contributed by atoms with van der Waals surface area (Å²) in [5.74, 6) is 0.635. The summed E-state index contributed by atoms with van der Waals surface area (Å²) in [4.78, 5) is 0. The summed E-state index contributed by atoms with van der Waals surface area (Å²) in [7, 11) is 0. The van der Waals surface area contributed by atoms with Crippen molar-refractivity contribution in [2.45, 2.75) is 57.4 Å². The quantitative estimate of drug-likeness (QED) is 0.475. The van der Waals surface area contributed by atoms with Gasteiger partial charge >= 0.3 is 0 Å². The van der Waals surface area contributed by atoms with Crippen LogP contribution in [0.4, 0.5) is 0 Å². The summed E-state index contributed by atoms with van der Waals surface area (Å²) in [5.41, 5.74) is 9.11. The molecule has 0 spiro atoms. The van der Waals surface area contributed by atoms with Crippen LogP contribution in [0.2, 0.25) is 0 Å². The van der Waals surface area contributed by atoms with Crippen LogP contribution in [0.25, 0.3) is 0 Å². The maximum atomic E-state index is 6.26. The van der Waals surface area contributed by atoms with Crippen molar-refractivity contribution in [3.8, 4) is 0 Å². The van der Waals surface area contributed by atoms with Crippen LogP contribution in [0.5, 0.6) is 0 Å². The minimum Gasteiger partial charge on any atom is -0.324 e. The van der Waals surface area contributed by atoms with E-state index in [1.165, 1.54) is 11.1 Å². The van der Waals surface area contributed by atoms with E-state index in [-0.39, 0.29) is 5.54 Å². The molecule has 0 rings (SSSR count). The number of rotatable bonds is 4. The van der Waals surface area contributed by atoms with Crippen LogP contribution in [0.3, 0.4) is 0 Å². The molecule has 0 aromatic rings. The van der Waals surface area contributed by atoms with Gasteiger partial charge in [-0.2, -0.15) is 0 Å². The molecule has 0 amide bonds. The molecule has 0 bridgehead atoms. The Hall–Kier alpha value is 0.430. The predicted molar refractivity (Wildman–Crippen MR) is 73.9 cm³/mol. The third-order valence-corrected chi connectivity index (χ3v) is 4.52. The highest BCUT2D eigenvalue weighted by molar-refractivity contribution is 14.1. The third kappa shape index (κ3) is 4.30. The molecule has 2 N–H and O–H groups in total. The Labute approximate surface area is 103 Å². The lowest BCUT2D eigenvalue weighted by molar-refractivity contribution is 0.467. The Balaban J connectivity index is 4.61. The molecule has 14 heavy (non-hydrogen) atoms. The van der Waals surface area contributed by atoms with Crippen molar-refractivity contribution in [3.05, 3.63) is 11.1 Å². The summed E-state index contributed by atoms with van der Waals surface area (Å²) < 4.78 is 0.495. The largest absolute Gasteiger partial charge is 0.324 e. The minimum atomic E-state index is -0.0825. The Morgan fingerprint density at radius 2 is 1.71 bits per heavy atom. The maximum Gasteiger partial charge on any atom is 0.0279 e. The number of halogens is 1. The molecule has 0 aliphatic carbocycles. The molecule has 0 unspecified atom stereocenters. The molecule has 0 aromatic carbocycles. The first-order chi connectivity index (χ1) is 6.18. The van der Waals surface area contributed by atoms with E-state index in [1.54, 1.807) is 0 Å². The van der Waals surface area contributed by atoms with E-state index in [1.807, 2.05) is 0 Å². The summed E-state index contributed by atoms with van der Waals surface area (Å²) in [5, 5.41) is 0. The van der Waals surface area contributed by atoms with Crippen LogP contribution >= 0.6 is 22.6 Å². The number of nitrogens with two attached hydrogens (primary N) is 1. The predicted octanol–water partition coefficient (Wildman–Crippen LogP) is 3.91. The van der Waals surface area contributed by atoms with Crippen LogP contribution in [0.15, 0.2) is 11.1 Å². The van der Waals surface area contributed by atoms with Crippen molar-refractivity contribution in [1.29, 1.82) is 0 Å². The fourth-order valence-corrected chi connectivity index (χ4v) is 1.56. The Morgan fingerprint density at radius 1 is 1.29 bits per heavy atom. The van der Waals surface area contributed by atoms with E-state index < -0.39 is 0 Å². The molecule has 0 saturated carbocycles. The number of allylic oxidation sites excluding steroid dienone is 1. The van der Waals surface area contributed by atoms with Crippen molar-refractivity contribution in [2.75, 3.05) is 0 Å². The summed E-state index contributed by atoms with van der Waals surface area (Å²) in [6.45, 7) is 13.2. The van der Waals surface area contributed by atoms with Gasteiger partial charge in [0.05, 0.1) is 0 Å². The highest BCUT2D eigenvalue weighted by Crippen LogP contribution is 2.26. The zero-order valence-electron chi connectivity index (χ0n) is 10.3. The molecule has 0 radical (unpaired) electrons. The van der Waals surface area contributed by atoms with Gasteiger partial charge < -0.3 is 5.73 Å². The van der Waals surface area contributed by atoms with Gasteiger partial charge in [0.25, 0.3) is 0 Å². The van der Waals surface area contributed by atoms with Gasteiger partial charge in [-0.3, -0.25) is 0 Å². The zero-order chi connectivity index (χ0) is 11.5. The van der Waals surface area contributed by atoms with Crippen LogP contribution in [0.1, 0.15) is 48.0 Å². The molecular formula is C12H24IN. The fourth-order valence-electron chi connectivity index (χ4n) is 1.34. The van der Waals surface area contributed by atoms with Crippen molar-refractivity contribution in [2.24, 2.45) is 11.7 Å². The average molecular weight is 309 g/mol. The van der Waals surface area contributed by atoms with Gasteiger partial charge in [0, 0.05) is 9.46 Å². The van der Waals surface area contributed by atoms with E-state index in [4.69, 9.17) is 5.73 Å². The molecule has 0 aromatic heterocycles. The molecule has 0 fully saturated rings. The second kappa shape index (κ2) is 5.50. The van der Waals surface area contributed by atoms with E-state index in [0.717, 1.165) is 6.42 Å². The van der Waals surface area contributed by atoms with E-state index >= 15 is 0 Å². The molecule has 0 aliphatic heterocycles. The van der Waals surface area contributed by atoms with E-state index in [9.17, 15) is 0 Å². The molecule has 0 heterocycles. The van der Waals surface area contributed by atoms with Gasteiger partial charge in [0.2, 0.25) is 0 Å². The fraction of sp³-hybridized carbons (Fsp3) is 0.833. The number of alkyl halides is 1. The van der Waals surface area contributed by atoms with Gasteiger partial charge in [0.1, 0.15) is 0 Å². The van der Waals surface area contributed by atoms with Crippen molar-refractivity contribution in [1.82, 2.24) is 0 Å². The summed E-state index contributed by atoms with van der Waals surface area (Å²) in [6, 6.07) is 0. The highest BCUT2D eigenvalue weighted by Gasteiger charge is 2.25. The number of hydrogen-bond acceptors (Lipinski definition) is 1. The highest BCUT2D eigenvalue weighted by atomic mass is 127. The van der Waals surface area contributed by atoms with E-state index in [2.05, 4.69) is 64.1 Å². The van der Waals surface area contributed by atoms with Crippen LogP contribution in [0, 0.1) is 5.92 Å². The van der Waals surface area contributed by atoms with Gasteiger partial charge in [-0.05, 0) is 33.1 Å². The van der Waals surface area contributed by atoms with Gasteiger partial charge in [-0.15, -0.1) is 0 Å². The first-order valence-corrected chi connectivity index (χ1v) is 6.52.